The van der Waals surface area contributed by atoms with Crippen LogP contribution in [0.3, 0.4) is 0 Å². The van der Waals surface area contributed by atoms with Crippen molar-refractivity contribution in [1.29, 1.82) is 0 Å². The number of esters is 1. The number of hydrogen-bond acceptors (Lipinski definition) is 7. The number of amides is 1. The Kier molecular flexibility index (Phi) is 9.35. The maximum atomic E-state index is 12.6. The van der Waals surface area contributed by atoms with Crippen LogP contribution in [0.5, 0.6) is 0 Å². The number of nitrogens with zero attached hydrogens (tertiary/aromatic N) is 3. The number of allylic oxidation sites excluding steroid dienone is 1. The number of carbonyl (C=O) groups is 2. The van der Waals surface area contributed by atoms with Crippen molar-refractivity contribution in [3.8, 4) is 0 Å². The average molecular weight is 477 g/mol. The van der Waals surface area contributed by atoms with Gasteiger partial charge < -0.3 is 14.6 Å². The monoisotopic (exact) mass is 476 g/mol. The van der Waals surface area contributed by atoms with Gasteiger partial charge in [-0.1, -0.05) is 49.9 Å². The van der Waals surface area contributed by atoms with E-state index in [-0.39, 0.29) is 11.7 Å². The number of ether oxygens (including phenoxy) is 1. The Morgan fingerprint density at radius 2 is 2.12 bits per heavy atom. The Bertz CT molecular complexity index is 932. The lowest BCUT2D eigenvalue weighted by Gasteiger charge is -2.21. The first-order chi connectivity index (χ1) is 15.5. The summed E-state index contributed by atoms with van der Waals surface area (Å²) in [6.07, 6.45) is 10.5. The molecule has 0 saturated heterocycles. The molecule has 2 aromatic rings. The average Bonchev–Trinajstić information content (AvgIpc) is 3.34. The zero-order valence-corrected chi connectivity index (χ0v) is 20.5. The molecule has 1 N–H and O–H groups in total. The van der Waals surface area contributed by atoms with Gasteiger partial charge in [-0.25, -0.2) is 4.79 Å². The van der Waals surface area contributed by atoms with Gasteiger partial charge in [0.15, 0.2) is 5.16 Å². The zero-order chi connectivity index (χ0) is 22.9. The molecule has 2 heterocycles. The van der Waals surface area contributed by atoms with Crippen molar-refractivity contribution in [3.63, 3.8) is 0 Å². The molecule has 0 bridgehead atoms. The van der Waals surface area contributed by atoms with Crippen molar-refractivity contribution in [2.24, 2.45) is 5.92 Å². The van der Waals surface area contributed by atoms with Crippen LogP contribution in [0.2, 0.25) is 0 Å². The molecule has 174 valence electrons. The Labute approximate surface area is 198 Å². The van der Waals surface area contributed by atoms with E-state index >= 15 is 0 Å². The molecule has 1 fully saturated rings. The first-order valence-electron chi connectivity index (χ1n) is 11.2. The van der Waals surface area contributed by atoms with Crippen molar-refractivity contribution in [2.45, 2.75) is 70.5 Å². The number of aryl methyl sites for hydroxylation is 2. The third-order valence-corrected chi connectivity index (χ3v) is 7.47. The maximum Gasteiger partial charge on any atom is 0.341 e. The summed E-state index contributed by atoms with van der Waals surface area (Å²) >= 11 is 2.71. The lowest BCUT2D eigenvalue weighted by atomic mass is 9.86. The molecule has 0 radical (unpaired) electrons. The molecular formula is C23H32N4O3S2. The number of nitrogens with one attached hydrogen (secondary N) is 1. The Morgan fingerprint density at radius 1 is 1.34 bits per heavy atom. The number of thiophene rings is 1. The highest BCUT2D eigenvalue weighted by Gasteiger charge is 2.20. The summed E-state index contributed by atoms with van der Waals surface area (Å²) in [6, 6.07) is 1.74. The Morgan fingerprint density at radius 3 is 2.84 bits per heavy atom. The first kappa shape index (κ1) is 24.5. The van der Waals surface area contributed by atoms with Crippen molar-refractivity contribution < 1.29 is 14.3 Å². The molecule has 0 atom stereocenters. The van der Waals surface area contributed by atoms with E-state index in [1.807, 2.05) is 17.6 Å². The fourth-order valence-electron chi connectivity index (χ4n) is 3.99. The molecule has 9 heteroatoms. The van der Waals surface area contributed by atoms with Gasteiger partial charge >= 0.3 is 5.97 Å². The van der Waals surface area contributed by atoms with Gasteiger partial charge in [-0.05, 0) is 32.3 Å². The lowest BCUT2D eigenvalue weighted by Crippen LogP contribution is -2.16. The van der Waals surface area contributed by atoms with E-state index in [1.165, 1.54) is 55.2 Å². The van der Waals surface area contributed by atoms with Gasteiger partial charge in [-0.15, -0.1) is 28.1 Å². The molecule has 0 aliphatic heterocycles. The van der Waals surface area contributed by atoms with Gasteiger partial charge in [-0.3, -0.25) is 4.79 Å². The molecule has 32 heavy (non-hydrogen) atoms. The van der Waals surface area contributed by atoms with Gasteiger partial charge in [0, 0.05) is 17.8 Å². The second-order valence-corrected chi connectivity index (χ2v) is 10.2. The summed E-state index contributed by atoms with van der Waals surface area (Å²) in [5.74, 6) is 1.29. The summed E-state index contributed by atoms with van der Waals surface area (Å²) < 4.78 is 7.13. The largest absolute Gasteiger partial charge is 0.462 e. The SMILES string of the molecule is C=CCn1c(CCC2CCCCC2)nnc1SCC(=O)Nc1sc(C)cc1C(=O)OCC. The molecular weight excluding hydrogens is 444 g/mol. The smallest absolute Gasteiger partial charge is 0.341 e. The van der Waals surface area contributed by atoms with Gasteiger partial charge in [0.2, 0.25) is 5.91 Å². The van der Waals surface area contributed by atoms with E-state index in [2.05, 4.69) is 22.1 Å². The van der Waals surface area contributed by atoms with Crippen LogP contribution in [-0.2, 0) is 22.5 Å². The van der Waals surface area contributed by atoms with E-state index in [9.17, 15) is 9.59 Å². The second-order valence-electron chi connectivity index (χ2n) is 8.00. The molecule has 3 rings (SSSR count). The van der Waals surface area contributed by atoms with E-state index in [1.54, 1.807) is 13.0 Å². The fraction of sp³-hybridized carbons (Fsp3) is 0.565. The highest BCUT2D eigenvalue weighted by atomic mass is 32.2. The summed E-state index contributed by atoms with van der Waals surface area (Å²) in [5.41, 5.74) is 0.396. The summed E-state index contributed by atoms with van der Waals surface area (Å²) in [4.78, 5) is 25.6. The number of hydrogen-bond donors (Lipinski definition) is 1. The quantitative estimate of drug-likeness (QED) is 0.271. The van der Waals surface area contributed by atoms with E-state index in [4.69, 9.17) is 4.74 Å². The minimum absolute atomic E-state index is 0.178. The van der Waals surface area contributed by atoms with Crippen LogP contribution in [0.15, 0.2) is 23.9 Å². The van der Waals surface area contributed by atoms with Crippen LogP contribution in [0.1, 0.15) is 66.5 Å². The topological polar surface area (TPSA) is 86.1 Å². The molecule has 0 aromatic carbocycles. The van der Waals surface area contributed by atoms with Crippen LogP contribution in [-0.4, -0.2) is 39.0 Å². The summed E-state index contributed by atoms with van der Waals surface area (Å²) in [6.45, 7) is 8.42. The van der Waals surface area contributed by atoms with Crippen LogP contribution in [0, 0.1) is 12.8 Å². The highest BCUT2D eigenvalue weighted by molar-refractivity contribution is 7.99. The van der Waals surface area contributed by atoms with E-state index in [0.29, 0.717) is 28.9 Å². The summed E-state index contributed by atoms with van der Waals surface area (Å²) in [5, 5.41) is 12.8. The van der Waals surface area contributed by atoms with Gasteiger partial charge in [0.1, 0.15) is 10.8 Å². The molecule has 0 unspecified atom stereocenters. The predicted molar refractivity (Wildman–Crippen MR) is 129 cm³/mol. The number of rotatable bonds is 11. The maximum absolute atomic E-state index is 12.6. The molecule has 2 aromatic heterocycles. The number of aromatic nitrogens is 3. The van der Waals surface area contributed by atoms with Crippen LogP contribution in [0.25, 0.3) is 0 Å². The molecule has 1 aliphatic rings. The zero-order valence-electron chi connectivity index (χ0n) is 18.9. The lowest BCUT2D eigenvalue weighted by molar-refractivity contribution is -0.113. The molecule has 1 saturated carbocycles. The van der Waals surface area contributed by atoms with E-state index < -0.39 is 5.97 Å². The minimum atomic E-state index is -0.423. The minimum Gasteiger partial charge on any atom is -0.462 e. The van der Waals surface area contributed by atoms with Gasteiger partial charge in [0.05, 0.1) is 17.9 Å². The number of anilines is 1. The molecule has 1 aliphatic carbocycles. The van der Waals surface area contributed by atoms with Crippen molar-refractivity contribution in [3.05, 3.63) is 35.0 Å². The number of thioether (sulfide) groups is 1. The van der Waals surface area contributed by atoms with E-state index in [0.717, 1.165) is 29.5 Å². The highest BCUT2D eigenvalue weighted by Crippen LogP contribution is 2.30. The van der Waals surface area contributed by atoms with Crippen LogP contribution in [0.4, 0.5) is 5.00 Å². The number of carbonyl (C=O) groups excluding carboxylic acids is 2. The summed E-state index contributed by atoms with van der Waals surface area (Å²) in [7, 11) is 0. The van der Waals surface area contributed by atoms with Crippen molar-refractivity contribution >= 4 is 40.0 Å². The molecule has 0 spiro atoms. The third kappa shape index (κ3) is 6.68. The Hall–Kier alpha value is -2.13. The van der Waals surface area contributed by atoms with Gasteiger partial charge in [0.25, 0.3) is 0 Å². The van der Waals surface area contributed by atoms with Crippen molar-refractivity contribution in [1.82, 2.24) is 14.8 Å². The standard InChI is InChI=1S/C23H32N4O3S2/c1-4-13-27-19(12-11-17-9-7-6-8-10-17)25-26-23(27)31-15-20(28)24-21-18(14-16(3)32-21)22(29)30-5-2/h4,14,17H,1,5-13,15H2,2-3H3,(H,24,28). The normalized spacial score (nSPS) is 14.3. The Balaban J connectivity index is 1.59. The predicted octanol–water partition coefficient (Wildman–Crippen LogP) is 5.25. The second kappa shape index (κ2) is 12.2. The van der Waals surface area contributed by atoms with Crippen LogP contribution >= 0.6 is 23.1 Å². The fourth-order valence-corrected chi connectivity index (χ4v) is 5.68. The van der Waals surface area contributed by atoms with Crippen LogP contribution < -0.4 is 5.32 Å². The molecule has 7 nitrogen and oxygen atoms in total. The third-order valence-electron chi connectivity index (χ3n) is 5.54. The molecule has 1 amide bonds. The first-order valence-corrected chi connectivity index (χ1v) is 13.0. The van der Waals surface area contributed by atoms with Gasteiger partial charge in [-0.2, -0.15) is 0 Å². The van der Waals surface area contributed by atoms with Crippen molar-refractivity contribution in [2.75, 3.05) is 17.7 Å².